The van der Waals surface area contributed by atoms with Crippen molar-refractivity contribution in [2.45, 2.75) is 64.3 Å². The van der Waals surface area contributed by atoms with Gasteiger partial charge in [-0.25, -0.2) is 0 Å². The highest BCUT2D eigenvalue weighted by Crippen LogP contribution is 2.50. The fourth-order valence-corrected chi connectivity index (χ4v) is 3.49. The summed E-state index contributed by atoms with van der Waals surface area (Å²) >= 11 is 0. The molecule has 2 aliphatic rings. The Kier molecular flexibility index (Phi) is 4.15. The first-order chi connectivity index (χ1) is 9.25. The van der Waals surface area contributed by atoms with Gasteiger partial charge in [0.2, 0.25) is 5.91 Å². The van der Waals surface area contributed by atoms with Crippen molar-refractivity contribution in [3.05, 3.63) is 0 Å². The number of amides is 1. The van der Waals surface area contributed by atoms with Crippen molar-refractivity contribution in [1.82, 2.24) is 4.90 Å². The molecule has 0 aromatic heterocycles. The van der Waals surface area contributed by atoms with Gasteiger partial charge in [0, 0.05) is 32.1 Å². The summed E-state index contributed by atoms with van der Waals surface area (Å²) in [6.07, 6.45) is 1.62. The average molecular weight is 284 g/mol. The molecule has 1 saturated heterocycles. The van der Waals surface area contributed by atoms with Gasteiger partial charge >= 0.3 is 0 Å². The van der Waals surface area contributed by atoms with E-state index in [4.69, 9.17) is 15.2 Å². The second-order valence-corrected chi connectivity index (χ2v) is 6.69. The number of nitrogens with two attached hydrogens (primary N) is 1. The van der Waals surface area contributed by atoms with Crippen LogP contribution >= 0.6 is 0 Å². The molecule has 20 heavy (non-hydrogen) atoms. The molecule has 2 fully saturated rings. The van der Waals surface area contributed by atoms with Crippen molar-refractivity contribution in [1.29, 1.82) is 0 Å². The third-order valence-electron chi connectivity index (χ3n) is 5.37. The minimum atomic E-state index is -0.829. The third kappa shape index (κ3) is 2.16. The molecule has 5 heteroatoms. The monoisotopic (exact) mass is 284 g/mol. The lowest BCUT2D eigenvalue weighted by Crippen LogP contribution is -2.76. The van der Waals surface area contributed by atoms with Crippen LogP contribution in [0.25, 0.3) is 0 Å². The summed E-state index contributed by atoms with van der Waals surface area (Å²) in [5.41, 5.74) is 5.28. The maximum absolute atomic E-state index is 12.8. The van der Waals surface area contributed by atoms with E-state index in [9.17, 15) is 4.79 Å². The Morgan fingerprint density at radius 2 is 2.15 bits per heavy atom. The average Bonchev–Trinajstić information content (AvgIpc) is 2.82. The summed E-state index contributed by atoms with van der Waals surface area (Å²) in [6, 6.07) is 0.130. The highest BCUT2D eigenvalue weighted by Gasteiger charge is 2.64. The molecule has 2 rings (SSSR count). The van der Waals surface area contributed by atoms with Gasteiger partial charge < -0.3 is 20.1 Å². The van der Waals surface area contributed by atoms with Crippen LogP contribution in [0, 0.1) is 5.41 Å². The normalized spacial score (nSPS) is 39.4. The van der Waals surface area contributed by atoms with Crippen LogP contribution in [-0.2, 0) is 14.3 Å². The minimum absolute atomic E-state index is 0.0146. The van der Waals surface area contributed by atoms with E-state index >= 15 is 0 Å². The fourth-order valence-electron chi connectivity index (χ4n) is 3.49. The van der Waals surface area contributed by atoms with E-state index in [1.807, 2.05) is 34.7 Å². The summed E-state index contributed by atoms with van der Waals surface area (Å²) < 4.78 is 11.2. The van der Waals surface area contributed by atoms with E-state index in [-0.39, 0.29) is 29.6 Å². The van der Waals surface area contributed by atoms with Crippen molar-refractivity contribution < 1.29 is 14.3 Å². The molecule has 0 radical (unpaired) electrons. The molecule has 4 unspecified atom stereocenters. The number of nitrogens with zero attached hydrogens (tertiary/aromatic N) is 1. The molecule has 0 aromatic carbocycles. The Labute approximate surface area is 121 Å². The fraction of sp³-hybridized carbons (Fsp3) is 0.933. The molecule has 1 aliphatic carbocycles. The molecule has 4 atom stereocenters. The van der Waals surface area contributed by atoms with Gasteiger partial charge in [-0.3, -0.25) is 4.79 Å². The maximum Gasteiger partial charge on any atom is 0.243 e. The van der Waals surface area contributed by atoms with Crippen molar-refractivity contribution in [3.8, 4) is 0 Å². The van der Waals surface area contributed by atoms with E-state index < -0.39 is 5.54 Å². The van der Waals surface area contributed by atoms with Gasteiger partial charge in [0.1, 0.15) is 5.54 Å². The van der Waals surface area contributed by atoms with Crippen molar-refractivity contribution in [2.75, 3.05) is 20.3 Å². The zero-order valence-electron chi connectivity index (χ0n) is 13.3. The molecule has 1 amide bonds. The van der Waals surface area contributed by atoms with Gasteiger partial charge in [0.25, 0.3) is 0 Å². The van der Waals surface area contributed by atoms with Gasteiger partial charge in [-0.2, -0.15) is 0 Å². The van der Waals surface area contributed by atoms with Crippen LogP contribution in [0.1, 0.15) is 40.5 Å². The Bertz CT molecular complexity index is 385. The minimum Gasteiger partial charge on any atom is -0.378 e. The number of likely N-dealkylation sites (N-methyl/N-ethyl adjacent to an activating group) is 1. The third-order valence-corrected chi connectivity index (χ3v) is 5.37. The molecular weight excluding hydrogens is 256 g/mol. The zero-order valence-corrected chi connectivity index (χ0v) is 13.3. The van der Waals surface area contributed by atoms with Crippen LogP contribution in [0.15, 0.2) is 0 Å². The van der Waals surface area contributed by atoms with Crippen LogP contribution in [0.4, 0.5) is 0 Å². The quantitative estimate of drug-likeness (QED) is 0.841. The number of ether oxygens (including phenoxy) is 2. The molecule has 0 aromatic rings. The SMILES string of the molecule is CCOC1CC(N)(C(=O)N(C)C2CCOC2C)C1(C)C. The van der Waals surface area contributed by atoms with Crippen molar-refractivity contribution in [3.63, 3.8) is 0 Å². The number of carbonyl (C=O) groups is 1. The number of carbonyl (C=O) groups excluding carboxylic acids is 1. The topological polar surface area (TPSA) is 64.8 Å². The first-order valence-corrected chi connectivity index (χ1v) is 7.55. The smallest absolute Gasteiger partial charge is 0.243 e. The lowest BCUT2D eigenvalue weighted by atomic mass is 9.54. The molecule has 0 spiro atoms. The van der Waals surface area contributed by atoms with Crippen LogP contribution in [0.3, 0.4) is 0 Å². The first kappa shape index (κ1) is 15.7. The van der Waals surface area contributed by atoms with Gasteiger partial charge in [0.05, 0.1) is 18.2 Å². The molecule has 2 N–H and O–H groups in total. The second kappa shape index (κ2) is 5.28. The molecular formula is C15H28N2O3. The summed E-state index contributed by atoms with van der Waals surface area (Å²) in [4.78, 5) is 14.6. The van der Waals surface area contributed by atoms with Gasteiger partial charge in [-0.05, 0) is 20.3 Å². The maximum atomic E-state index is 12.8. The van der Waals surface area contributed by atoms with E-state index in [0.717, 1.165) is 6.42 Å². The van der Waals surface area contributed by atoms with E-state index in [1.165, 1.54) is 0 Å². The van der Waals surface area contributed by atoms with E-state index in [1.54, 1.807) is 4.90 Å². The Hall–Kier alpha value is -0.650. The predicted octanol–water partition coefficient (Wildman–Crippen LogP) is 1.15. The van der Waals surface area contributed by atoms with Crippen LogP contribution in [0.5, 0.6) is 0 Å². The Balaban J connectivity index is 2.09. The predicted molar refractivity (Wildman–Crippen MR) is 77.3 cm³/mol. The van der Waals surface area contributed by atoms with Gasteiger partial charge in [-0.1, -0.05) is 13.8 Å². The Morgan fingerprint density at radius 3 is 2.60 bits per heavy atom. The largest absolute Gasteiger partial charge is 0.378 e. The molecule has 5 nitrogen and oxygen atoms in total. The van der Waals surface area contributed by atoms with Crippen LogP contribution in [-0.4, -0.2) is 54.9 Å². The summed E-state index contributed by atoms with van der Waals surface area (Å²) in [5, 5.41) is 0. The number of rotatable bonds is 4. The standard InChI is InChI=1S/C15H28N2O3/c1-6-19-12-9-15(16,14(12,3)4)13(18)17(5)11-7-8-20-10(11)2/h10-12H,6-9,16H2,1-5H3. The lowest BCUT2D eigenvalue weighted by Gasteiger charge is -2.58. The molecule has 1 saturated carbocycles. The number of hydrogen-bond donors (Lipinski definition) is 1. The van der Waals surface area contributed by atoms with E-state index in [0.29, 0.717) is 19.6 Å². The van der Waals surface area contributed by atoms with Gasteiger partial charge in [-0.15, -0.1) is 0 Å². The number of hydrogen-bond acceptors (Lipinski definition) is 4. The highest BCUT2D eigenvalue weighted by molar-refractivity contribution is 5.89. The molecule has 1 aliphatic heterocycles. The zero-order chi connectivity index (χ0) is 15.1. The Morgan fingerprint density at radius 1 is 1.50 bits per heavy atom. The summed E-state index contributed by atoms with van der Waals surface area (Å²) in [6.45, 7) is 9.40. The van der Waals surface area contributed by atoms with Crippen LogP contribution in [0.2, 0.25) is 0 Å². The molecule has 0 bridgehead atoms. The second-order valence-electron chi connectivity index (χ2n) is 6.69. The first-order valence-electron chi connectivity index (χ1n) is 7.55. The molecule has 116 valence electrons. The summed E-state index contributed by atoms with van der Waals surface area (Å²) in [5.74, 6) is 0.0146. The van der Waals surface area contributed by atoms with Crippen molar-refractivity contribution >= 4 is 5.91 Å². The van der Waals surface area contributed by atoms with Crippen LogP contribution < -0.4 is 5.73 Å². The molecule has 1 heterocycles. The highest BCUT2D eigenvalue weighted by atomic mass is 16.5. The van der Waals surface area contributed by atoms with Gasteiger partial charge in [0.15, 0.2) is 0 Å². The summed E-state index contributed by atoms with van der Waals surface area (Å²) in [7, 11) is 1.84. The van der Waals surface area contributed by atoms with Crippen molar-refractivity contribution in [2.24, 2.45) is 11.1 Å². The van der Waals surface area contributed by atoms with E-state index in [2.05, 4.69) is 0 Å². The lowest BCUT2D eigenvalue weighted by molar-refractivity contribution is -0.180.